The molecule has 0 aliphatic heterocycles. The maximum Gasteiger partial charge on any atom is 0.357 e. The van der Waals surface area contributed by atoms with Crippen LogP contribution in [0.25, 0.3) is 0 Å². The van der Waals surface area contributed by atoms with Gasteiger partial charge < -0.3 is 14.7 Å². The van der Waals surface area contributed by atoms with E-state index in [2.05, 4.69) is 4.18 Å². The van der Waals surface area contributed by atoms with E-state index in [4.69, 9.17) is 15.0 Å². The van der Waals surface area contributed by atoms with E-state index in [1.807, 2.05) is 6.92 Å². The standard InChI is InChI=1S/C9H13NO4S/c1-3-13-9-5-8(14-15(11)12)6(2)4-7(9)10/h4-5H,3,10H2,1-2H3,(H,11,12). The normalized spacial score (nSPS) is 12.2. The maximum absolute atomic E-state index is 10.5. The van der Waals surface area contributed by atoms with E-state index in [9.17, 15) is 4.21 Å². The molecule has 1 atom stereocenters. The fraction of sp³-hybridized carbons (Fsp3) is 0.333. The van der Waals surface area contributed by atoms with Crippen molar-refractivity contribution in [1.82, 2.24) is 0 Å². The molecule has 0 aliphatic rings. The number of nitrogen functional groups attached to an aromatic ring is 1. The van der Waals surface area contributed by atoms with Crippen molar-refractivity contribution in [2.75, 3.05) is 12.3 Å². The molecule has 84 valence electrons. The lowest BCUT2D eigenvalue weighted by atomic mass is 10.2. The predicted molar refractivity (Wildman–Crippen MR) is 58.2 cm³/mol. The Kier molecular flexibility index (Phi) is 3.93. The molecule has 1 rings (SSSR count). The molecule has 0 spiro atoms. The van der Waals surface area contributed by atoms with E-state index in [1.54, 1.807) is 13.0 Å². The van der Waals surface area contributed by atoms with Crippen molar-refractivity contribution in [3.8, 4) is 11.5 Å². The van der Waals surface area contributed by atoms with Crippen LogP contribution in [0.2, 0.25) is 0 Å². The molecule has 0 aromatic heterocycles. The van der Waals surface area contributed by atoms with Gasteiger partial charge in [0.2, 0.25) is 0 Å². The van der Waals surface area contributed by atoms with Crippen LogP contribution in [0.3, 0.4) is 0 Å². The lowest BCUT2D eigenvalue weighted by molar-refractivity contribution is 0.340. The number of ether oxygens (including phenoxy) is 1. The second kappa shape index (κ2) is 4.99. The first-order valence-electron chi connectivity index (χ1n) is 4.36. The van der Waals surface area contributed by atoms with Gasteiger partial charge in [0, 0.05) is 6.07 Å². The van der Waals surface area contributed by atoms with Gasteiger partial charge in [-0.1, -0.05) is 0 Å². The van der Waals surface area contributed by atoms with Crippen molar-refractivity contribution in [3.63, 3.8) is 0 Å². The number of aryl methyl sites for hydroxylation is 1. The molecule has 1 unspecified atom stereocenters. The summed E-state index contributed by atoms with van der Waals surface area (Å²) in [7, 11) is 0. The Bertz CT molecular complexity index is 381. The lowest BCUT2D eigenvalue weighted by Gasteiger charge is -2.10. The van der Waals surface area contributed by atoms with Gasteiger partial charge in [0.05, 0.1) is 12.3 Å². The van der Waals surface area contributed by atoms with Gasteiger partial charge in [-0.15, -0.1) is 0 Å². The molecule has 0 amide bonds. The molecule has 0 bridgehead atoms. The zero-order valence-electron chi connectivity index (χ0n) is 8.52. The second-order valence-electron chi connectivity index (χ2n) is 2.89. The van der Waals surface area contributed by atoms with Crippen LogP contribution in [-0.2, 0) is 11.4 Å². The van der Waals surface area contributed by atoms with Gasteiger partial charge in [-0.05, 0) is 25.5 Å². The molecule has 0 radical (unpaired) electrons. The van der Waals surface area contributed by atoms with Crippen molar-refractivity contribution in [2.24, 2.45) is 0 Å². The molecular formula is C9H13NO4S. The average molecular weight is 231 g/mol. The molecule has 15 heavy (non-hydrogen) atoms. The molecule has 0 fully saturated rings. The number of hydrogen-bond acceptors (Lipinski definition) is 4. The molecule has 0 aliphatic carbocycles. The van der Waals surface area contributed by atoms with E-state index in [0.717, 1.165) is 0 Å². The van der Waals surface area contributed by atoms with E-state index >= 15 is 0 Å². The highest BCUT2D eigenvalue weighted by Gasteiger charge is 2.09. The molecule has 1 aromatic rings. The largest absolute Gasteiger partial charge is 0.492 e. The number of benzene rings is 1. The predicted octanol–water partition coefficient (Wildman–Crippen LogP) is 1.49. The van der Waals surface area contributed by atoms with Crippen molar-refractivity contribution in [1.29, 1.82) is 0 Å². The van der Waals surface area contributed by atoms with Gasteiger partial charge in [-0.3, -0.25) is 4.55 Å². The molecular weight excluding hydrogens is 218 g/mol. The van der Waals surface area contributed by atoms with Crippen LogP contribution in [0.4, 0.5) is 5.69 Å². The number of hydrogen-bond donors (Lipinski definition) is 2. The molecule has 0 saturated carbocycles. The molecule has 0 saturated heterocycles. The van der Waals surface area contributed by atoms with Crippen molar-refractivity contribution < 1.29 is 17.7 Å². The number of anilines is 1. The third kappa shape index (κ3) is 3.10. The van der Waals surface area contributed by atoms with Crippen LogP contribution in [0, 0.1) is 6.92 Å². The minimum atomic E-state index is -2.34. The molecule has 3 N–H and O–H groups in total. The van der Waals surface area contributed by atoms with Gasteiger partial charge in [0.15, 0.2) is 0 Å². The zero-order chi connectivity index (χ0) is 11.4. The fourth-order valence-electron chi connectivity index (χ4n) is 1.14. The Morgan fingerprint density at radius 2 is 2.13 bits per heavy atom. The summed E-state index contributed by atoms with van der Waals surface area (Å²) in [6, 6.07) is 3.13. The SMILES string of the molecule is CCOc1cc(OS(=O)O)c(C)cc1N. The summed E-state index contributed by atoms with van der Waals surface area (Å²) in [5.41, 5.74) is 6.84. The summed E-state index contributed by atoms with van der Waals surface area (Å²) < 4.78 is 29.0. The third-order valence-corrected chi connectivity index (χ3v) is 2.09. The van der Waals surface area contributed by atoms with E-state index in [1.165, 1.54) is 6.07 Å². The summed E-state index contributed by atoms with van der Waals surface area (Å²) in [5.74, 6) is 0.733. The Morgan fingerprint density at radius 3 is 2.67 bits per heavy atom. The molecule has 6 heteroatoms. The smallest absolute Gasteiger partial charge is 0.357 e. The lowest BCUT2D eigenvalue weighted by Crippen LogP contribution is -2.02. The van der Waals surface area contributed by atoms with Crippen LogP contribution in [0.5, 0.6) is 11.5 Å². The number of rotatable bonds is 4. The van der Waals surface area contributed by atoms with Crippen molar-refractivity contribution >= 4 is 17.0 Å². The van der Waals surface area contributed by atoms with Crippen molar-refractivity contribution in [2.45, 2.75) is 13.8 Å². The van der Waals surface area contributed by atoms with Crippen LogP contribution < -0.4 is 14.7 Å². The van der Waals surface area contributed by atoms with Gasteiger partial charge >= 0.3 is 11.4 Å². The van der Waals surface area contributed by atoms with Crippen LogP contribution in [-0.4, -0.2) is 15.4 Å². The molecule has 1 aromatic carbocycles. The Balaban J connectivity index is 3.05. The van der Waals surface area contributed by atoms with Crippen molar-refractivity contribution in [3.05, 3.63) is 17.7 Å². The van der Waals surface area contributed by atoms with Crippen LogP contribution >= 0.6 is 0 Å². The quantitative estimate of drug-likeness (QED) is 0.606. The average Bonchev–Trinajstić information content (AvgIpc) is 2.12. The minimum Gasteiger partial charge on any atom is -0.492 e. The zero-order valence-corrected chi connectivity index (χ0v) is 9.34. The van der Waals surface area contributed by atoms with E-state index in [0.29, 0.717) is 23.6 Å². The van der Waals surface area contributed by atoms with Gasteiger partial charge in [-0.25, -0.2) is 0 Å². The van der Waals surface area contributed by atoms with Gasteiger partial charge in [0.25, 0.3) is 0 Å². The highest BCUT2D eigenvalue weighted by atomic mass is 32.2. The minimum absolute atomic E-state index is 0.286. The monoisotopic (exact) mass is 231 g/mol. The second-order valence-corrected chi connectivity index (χ2v) is 3.49. The maximum atomic E-state index is 10.5. The van der Waals surface area contributed by atoms with Gasteiger partial charge in [0.1, 0.15) is 11.5 Å². The highest BCUT2D eigenvalue weighted by molar-refractivity contribution is 7.74. The summed E-state index contributed by atoms with van der Waals surface area (Å²) in [6.07, 6.45) is 0. The summed E-state index contributed by atoms with van der Waals surface area (Å²) in [4.78, 5) is 0. The molecule has 5 nitrogen and oxygen atoms in total. The third-order valence-electron chi connectivity index (χ3n) is 1.77. The summed E-state index contributed by atoms with van der Waals surface area (Å²) >= 11 is -2.34. The van der Waals surface area contributed by atoms with E-state index < -0.39 is 11.4 Å². The molecule has 0 heterocycles. The Hall–Kier alpha value is -1.27. The topological polar surface area (TPSA) is 81.8 Å². The van der Waals surface area contributed by atoms with Gasteiger partial charge in [-0.2, -0.15) is 4.21 Å². The first kappa shape index (κ1) is 11.8. The Labute approximate surface area is 90.7 Å². The van der Waals surface area contributed by atoms with Crippen LogP contribution in [0.15, 0.2) is 12.1 Å². The van der Waals surface area contributed by atoms with E-state index in [-0.39, 0.29) is 5.75 Å². The first-order valence-corrected chi connectivity index (χ1v) is 5.40. The Morgan fingerprint density at radius 1 is 1.47 bits per heavy atom. The first-order chi connectivity index (χ1) is 7.04. The van der Waals surface area contributed by atoms with Crippen LogP contribution in [0.1, 0.15) is 12.5 Å². The fourth-order valence-corrected chi connectivity index (χ4v) is 1.47. The number of nitrogens with two attached hydrogens (primary N) is 1. The summed E-state index contributed by atoms with van der Waals surface area (Å²) in [6.45, 7) is 4.02. The summed E-state index contributed by atoms with van der Waals surface area (Å²) in [5, 5.41) is 0. The highest BCUT2D eigenvalue weighted by Crippen LogP contribution is 2.30.